The van der Waals surface area contributed by atoms with Gasteiger partial charge in [-0.1, -0.05) is 6.92 Å². The number of nitrogens with one attached hydrogen (secondary N) is 1. The third-order valence-electron chi connectivity index (χ3n) is 3.55. The lowest BCUT2D eigenvalue weighted by molar-refractivity contribution is 0.415. The maximum Gasteiger partial charge on any atom is 0.178 e. The second-order valence-corrected chi connectivity index (χ2v) is 7.27. The molecule has 0 unspecified atom stereocenters. The highest BCUT2D eigenvalue weighted by Gasteiger charge is 2.18. The molecule has 0 bridgehead atoms. The van der Waals surface area contributed by atoms with Crippen molar-refractivity contribution in [2.45, 2.75) is 18.2 Å². The van der Waals surface area contributed by atoms with E-state index < -0.39 is 9.84 Å². The van der Waals surface area contributed by atoms with Crippen LogP contribution >= 0.6 is 0 Å². The average molecular weight is 331 g/mol. The minimum Gasteiger partial charge on any atom is -0.496 e. The second kappa shape index (κ2) is 6.00. The van der Waals surface area contributed by atoms with Gasteiger partial charge < -0.3 is 9.72 Å². The molecule has 120 valence electrons. The van der Waals surface area contributed by atoms with Gasteiger partial charge in [0, 0.05) is 6.20 Å². The highest BCUT2D eigenvalue weighted by molar-refractivity contribution is 7.91. The predicted molar refractivity (Wildman–Crippen MR) is 88.2 cm³/mol. The number of ether oxygens (including phenoxy) is 1. The smallest absolute Gasteiger partial charge is 0.178 e. The largest absolute Gasteiger partial charge is 0.496 e. The Hall–Kier alpha value is -2.41. The number of benzene rings is 1. The molecule has 3 aromatic rings. The zero-order valence-electron chi connectivity index (χ0n) is 12.9. The topological polar surface area (TPSA) is 84.9 Å². The van der Waals surface area contributed by atoms with Gasteiger partial charge in [-0.25, -0.2) is 13.4 Å². The van der Waals surface area contributed by atoms with Gasteiger partial charge in [-0.05, 0) is 30.7 Å². The lowest BCUT2D eigenvalue weighted by Gasteiger charge is -2.09. The molecule has 0 spiro atoms. The number of methoxy groups -OCH3 is 1. The molecule has 1 N–H and O–H groups in total. The van der Waals surface area contributed by atoms with E-state index in [-0.39, 0.29) is 10.6 Å². The quantitative estimate of drug-likeness (QED) is 0.777. The number of pyridine rings is 1. The van der Waals surface area contributed by atoms with E-state index in [4.69, 9.17) is 4.74 Å². The van der Waals surface area contributed by atoms with Gasteiger partial charge in [0.15, 0.2) is 9.84 Å². The molecule has 6 nitrogen and oxygen atoms in total. The molecule has 2 heterocycles. The van der Waals surface area contributed by atoms with Crippen molar-refractivity contribution >= 4 is 20.9 Å². The van der Waals surface area contributed by atoms with E-state index >= 15 is 0 Å². The lowest BCUT2D eigenvalue weighted by atomic mass is 10.2. The van der Waals surface area contributed by atoms with E-state index in [9.17, 15) is 8.42 Å². The first-order valence-electron chi connectivity index (χ1n) is 7.26. The first kappa shape index (κ1) is 15.5. The van der Waals surface area contributed by atoms with Crippen molar-refractivity contribution in [1.29, 1.82) is 0 Å². The number of nitrogens with zero attached hydrogens (tertiary/aromatic N) is 2. The summed E-state index contributed by atoms with van der Waals surface area (Å²) in [5.41, 5.74) is 2.31. The number of rotatable bonds is 5. The van der Waals surface area contributed by atoms with Crippen molar-refractivity contribution in [1.82, 2.24) is 15.0 Å². The number of aromatic amines is 1. The summed E-state index contributed by atoms with van der Waals surface area (Å²) < 4.78 is 29.8. The Bertz CT molecular complexity index is 915. The molecular formula is C16H17N3O3S. The third kappa shape index (κ3) is 2.92. The zero-order valence-corrected chi connectivity index (χ0v) is 13.7. The van der Waals surface area contributed by atoms with Gasteiger partial charge in [0.2, 0.25) is 0 Å². The Morgan fingerprint density at radius 3 is 2.78 bits per heavy atom. The standard InChI is InChI=1S/C16H17N3O3S/c1-3-8-23(20,21)11-4-5-12(15(9-11)22-2)16-18-13-6-7-17-10-14(13)19-16/h4-7,9-10H,3,8H2,1-2H3,(H,18,19). The van der Waals surface area contributed by atoms with Crippen LogP contribution in [0.25, 0.3) is 22.4 Å². The summed E-state index contributed by atoms with van der Waals surface area (Å²) in [6.45, 7) is 1.84. The molecule has 0 amide bonds. The molecule has 0 fully saturated rings. The first-order chi connectivity index (χ1) is 11.0. The summed E-state index contributed by atoms with van der Waals surface area (Å²) in [7, 11) is -1.77. The molecule has 0 aliphatic rings. The molecule has 7 heteroatoms. The number of aromatic nitrogens is 3. The molecule has 0 radical (unpaired) electrons. The van der Waals surface area contributed by atoms with Gasteiger partial charge in [-0.2, -0.15) is 0 Å². The van der Waals surface area contributed by atoms with Crippen LogP contribution in [0.3, 0.4) is 0 Å². The van der Waals surface area contributed by atoms with Crippen LogP contribution < -0.4 is 4.74 Å². The minimum atomic E-state index is -3.29. The van der Waals surface area contributed by atoms with Crippen LogP contribution in [0.4, 0.5) is 0 Å². The van der Waals surface area contributed by atoms with Crippen molar-refractivity contribution in [3.63, 3.8) is 0 Å². The molecule has 0 atom stereocenters. The van der Waals surface area contributed by atoms with Crippen LogP contribution in [0.2, 0.25) is 0 Å². The minimum absolute atomic E-state index is 0.117. The van der Waals surface area contributed by atoms with E-state index in [1.807, 2.05) is 13.0 Å². The van der Waals surface area contributed by atoms with Gasteiger partial charge in [0.05, 0.1) is 35.0 Å². The Kier molecular flexibility index (Phi) is 4.04. The number of sulfone groups is 1. The van der Waals surface area contributed by atoms with Crippen LogP contribution in [-0.4, -0.2) is 36.2 Å². The average Bonchev–Trinajstić information content (AvgIpc) is 2.98. The maximum absolute atomic E-state index is 12.2. The fraction of sp³-hybridized carbons (Fsp3) is 0.250. The molecule has 0 aliphatic carbocycles. The van der Waals surface area contributed by atoms with Crippen LogP contribution in [-0.2, 0) is 9.84 Å². The normalized spacial score (nSPS) is 11.7. The molecule has 0 aliphatic heterocycles. The highest BCUT2D eigenvalue weighted by Crippen LogP contribution is 2.31. The molecule has 0 saturated carbocycles. The van der Waals surface area contributed by atoms with Crippen molar-refractivity contribution in [2.24, 2.45) is 0 Å². The van der Waals surface area contributed by atoms with Crippen LogP contribution in [0.5, 0.6) is 5.75 Å². The van der Waals surface area contributed by atoms with Crippen LogP contribution in [0.15, 0.2) is 41.6 Å². The fourth-order valence-electron chi connectivity index (χ4n) is 2.43. The van der Waals surface area contributed by atoms with Crippen molar-refractivity contribution < 1.29 is 13.2 Å². The van der Waals surface area contributed by atoms with Gasteiger partial charge >= 0.3 is 0 Å². The Balaban J connectivity index is 2.10. The number of fused-ring (bicyclic) bond motifs is 1. The monoisotopic (exact) mass is 331 g/mol. The lowest BCUT2D eigenvalue weighted by Crippen LogP contribution is -2.06. The zero-order chi connectivity index (χ0) is 16.4. The van der Waals surface area contributed by atoms with Crippen LogP contribution in [0.1, 0.15) is 13.3 Å². The van der Waals surface area contributed by atoms with E-state index in [1.54, 1.807) is 30.6 Å². The molecule has 23 heavy (non-hydrogen) atoms. The van der Waals surface area contributed by atoms with E-state index in [0.29, 0.717) is 23.6 Å². The summed E-state index contributed by atoms with van der Waals surface area (Å²) in [5, 5.41) is 0. The predicted octanol–water partition coefficient (Wildman–Crippen LogP) is 2.82. The van der Waals surface area contributed by atoms with Crippen molar-refractivity contribution in [2.75, 3.05) is 12.9 Å². The van der Waals surface area contributed by atoms with Crippen molar-refractivity contribution in [3.05, 3.63) is 36.7 Å². The van der Waals surface area contributed by atoms with Gasteiger partial charge in [-0.3, -0.25) is 4.98 Å². The Labute approximate surface area is 134 Å². The van der Waals surface area contributed by atoms with E-state index in [1.165, 1.54) is 7.11 Å². The van der Waals surface area contributed by atoms with E-state index in [2.05, 4.69) is 15.0 Å². The van der Waals surface area contributed by atoms with Crippen molar-refractivity contribution in [3.8, 4) is 17.1 Å². The van der Waals surface area contributed by atoms with E-state index in [0.717, 1.165) is 11.0 Å². The summed E-state index contributed by atoms with van der Waals surface area (Å²) in [5.74, 6) is 1.20. The summed E-state index contributed by atoms with van der Waals surface area (Å²) in [6, 6.07) is 6.69. The SMILES string of the molecule is CCCS(=O)(=O)c1ccc(-c2nc3cnccc3[nH]2)c(OC)c1. The number of hydrogen-bond acceptors (Lipinski definition) is 5. The summed E-state index contributed by atoms with van der Waals surface area (Å²) >= 11 is 0. The molecule has 2 aromatic heterocycles. The van der Waals surface area contributed by atoms with Gasteiger partial charge in [-0.15, -0.1) is 0 Å². The molecule has 1 aromatic carbocycles. The number of H-pyrrole nitrogens is 1. The van der Waals surface area contributed by atoms with Gasteiger partial charge in [0.1, 0.15) is 17.1 Å². The number of imidazole rings is 1. The molecule has 0 saturated heterocycles. The molecular weight excluding hydrogens is 314 g/mol. The molecule has 3 rings (SSSR count). The van der Waals surface area contributed by atoms with Gasteiger partial charge in [0.25, 0.3) is 0 Å². The maximum atomic E-state index is 12.2. The first-order valence-corrected chi connectivity index (χ1v) is 8.91. The fourth-order valence-corrected chi connectivity index (χ4v) is 3.77. The Morgan fingerprint density at radius 2 is 2.09 bits per heavy atom. The summed E-state index contributed by atoms with van der Waals surface area (Å²) in [6.07, 6.45) is 3.92. The highest BCUT2D eigenvalue weighted by atomic mass is 32.2. The van der Waals surface area contributed by atoms with Crippen LogP contribution in [0, 0.1) is 0 Å². The second-order valence-electron chi connectivity index (χ2n) is 5.16. The number of hydrogen-bond donors (Lipinski definition) is 1. The Morgan fingerprint density at radius 1 is 1.26 bits per heavy atom. The summed E-state index contributed by atoms with van der Waals surface area (Å²) in [4.78, 5) is 12.0. The third-order valence-corrected chi connectivity index (χ3v) is 5.46.